The summed E-state index contributed by atoms with van der Waals surface area (Å²) in [5.74, 6) is 1.76. The normalized spacial score (nSPS) is 20.3. The predicted molar refractivity (Wildman–Crippen MR) is 121 cm³/mol. The molecule has 0 radical (unpaired) electrons. The minimum Gasteiger partial charge on any atom is -0.459 e. The van der Waals surface area contributed by atoms with Gasteiger partial charge in [-0.2, -0.15) is 0 Å². The van der Waals surface area contributed by atoms with Gasteiger partial charge in [0.05, 0.1) is 18.6 Å². The van der Waals surface area contributed by atoms with Gasteiger partial charge in [0.1, 0.15) is 17.2 Å². The van der Waals surface area contributed by atoms with Gasteiger partial charge >= 0.3 is 0 Å². The number of carbonyl (C=O) groups is 1. The van der Waals surface area contributed by atoms with Crippen molar-refractivity contribution in [3.8, 4) is 0 Å². The molecule has 1 N–H and O–H groups in total. The van der Waals surface area contributed by atoms with E-state index < -0.39 is 0 Å². The van der Waals surface area contributed by atoms with Crippen molar-refractivity contribution in [1.29, 1.82) is 0 Å². The molecule has 2 aliphatic heterocycles. The van der Waals surface area contributed by atoms with Gasteiger partial charge in [-0.3, -0.25) is 14.8 Å². The highest BCUT2D eigenvalue weighted by atomic mass is 16.3. The van der Waals surface area contributed by atoms with Crippen LogP contribution in [0.5, 0.6) is 0 Å². The summed E-state index contributed by atoms with van der Waals surface area (Å²) in [6.07, 6.45) is 7.58. The second-order valence-corrected chi connectivity index (χ2v) is 8.60. The number of amides is 1. The van der Waals surface area contributed by atoms with E-state index in [-0.39, 0.29) is 17.4 Å². The van der Waals surface area contributed by atoms with Gasteiger partial charge in [-0.1, -0.05) is 30.4 Å². The van der Waals surface area contributed by atoms with Crippen molar-refractivity contribution in [2.75, 3.05) is 20.1 Å². The number of rotatable bonds is 4. The maximum absolute atomic E-state index is 12.6. The minimum absolute atomic E-state index is 0.0524. The number of aliphatic imine (C=N–C) groups is 2. The summed E-state index contributed by atoms with van der Waals surface area (Å²) in [5, 5.41) is 4.46. The molecule has 2 aromatic rings. The summed E-state index contributed by atoms with van der Waals surface area (Å²) < 4.78 is 5.94. The van der Waals surface area contributed by atoms with Gasteiger partial charge in [0.15, 0.2) is 0 Å². The minimum atomic E-state index is -0.189. The van der Waals surface area contributed by atoms with Crippen molar-refractivity contribution in [2.45, 2.75) is 32.9 Å². The maximum Gasteiger partial charge on any atom is 0.246 e. The topological polar surface area (TPSA) is 70.2 Å². The second-order valence-electron chi connectivity index (χ2n) is 8.60. The lowest BCUT2D eigenvalue weighted by molar-refractivity contribution is -0.125. The highest BCUT2D eigenvalue weighted by Gasteiger charge is 2.23. The highest BCUT2D eigenvalue weighted by molar-refractivity contribution is 6.16. The molecule has 1 unspecified atom stereocenters. The Morgan fingerprint density at radius 2 is 2.17 bits per heavy atom. The smallest absolute Gasteiger partial charge is 0.246 e. The number of furan rings is 1. The summed E-state index contributed by atoms with van der Waals surface area (Å²) in [7, 11) is 1.79. The van der Waals surface area contributed by atoms with Crippen molar-refractivity contribution < 1.29 is 9.21 Å². The van der Waals surface area contributed by atoms with Crippen LogP contribution in [-0.4, -0.2) is 48.5 Å². The molecule has 3 heterocycles. The lowest BCUT2D eigenvalue weighted by Gasteiger charge is -2.20. The molecule has 0 aliphatic carbocycles. The van der Waals surface area contributed by atoms with Crippen LogP contribution in [0.25, 0.3) is 11.0 Å². The fraction of sp³-hybridized carbons (Fsp3) is 0.375. The Morgan fingerprint density at radius 1 is 1.37 bits per heavy atom. The summed E-state index contributed by atoms with van der Waals surface area (Å²) in [5.41, 5.74) is 2.73. The zero-order valence-corrected chi connectivity index (χ0v) is 18.0. The number of fused-ring (bicyclic) bond motifs is 2. The lowest BCUT2D eigenvalue weighted by atomic mass is 10.0. The Morgan fingerprint density at radius 3 is 2.97 bits per heavy atom. The quantitative estimate of drug-likeness (QED) is 0.791. The van der Waals surface area contributed by atoms with E-state index >= 15 is 0 Å². The molecule has 6 heteroatoms. The molecule has 0 bridgehead atoms. The van der Waals surface area contributed by atoms with Gasteiger partial charge in [-0.15, -0.1) is 0 Å². The molecule has 6 nitrogen and oxygen atoms in total. The van der Waals surface area contributed by atoms with E-state index in [9.17, 15) is 4.79 Å². The van der Waals surface area contributed by atoms with Crippen LogP contribution in [0.2, 0.25) is 0 Å². The number of carbonyl (C=O) groups excluding carboxylic acids is 1. The molecule has 2 aliphatic rings. The number of nitrogens with zero attached hydrogens (tertiary/aromatic N) is 3. The largest absolute Gasteiger partial charge is 0.459 e. The average Bonchev–Trinajstić information content (AvgIpc) is 2.95. The highest BCUT2D eigenvalue weighted by Crippen LogP contribution is 2.25. The Bertz CT molecular complexity index is 1090. The second kappa shape index (κ2) is 7.94. The molecule has 0 saturated carbocycles. The van der Waals surface area contributed by atoms with Gasteiger partial charge in [0.25, 0.3) is 0 Å². The number of amidine groups is 1. The van der Waals surface area contributed by atoms with Crippen LogP contribution in [0.15, 0.2) is 62.5 Å². The number of likely N-dealkylation sites (N-methyl/N-ethyl adjacent to an activating group) is 1. The number of benzene rings is 1. The van der Waals surface area contributed by atoms with Crippen molar-refractivity contribution >= 4 is 28.9 Å². The van der Waals surface area contributed by atoms with Crippen molar-refractivity contribution in [1.82, 2.24) is 10.2 Å². The first-order chi connectivity index (χ1) is 14.3. The van der Waals surface area contributed by atoms with E-state index in [2.05, 4.69) is 35.2 Å². The maximum atomic E-state index is 12.6. The Balaban J connectivity index is 1.43. The Labute approximate surface area is 177 Å². The van der Waals surface area contributed by atoms with Gasteiger partial charge < -0.3 is 14.6 Å². The molecule has 1 amide bonds. The van der Waals surface area contributed by atoms with E-state index in [4.69, 9.17) is 4.42 Å². The van der Waals surface area contributed by atoms with Gasteiger partial charge in [0, 0.05) is 42.2 Å². The third-order valence-electron chi connectivity index (χ3n) is 5.53. The number of hydrogen-bond acceptors (Lipinski definition) is 5. The van der Waals surface area contributed by atoms with Crippen LogP contribution in [0, 0.1) is 12.8 Å². The number of para-hydroxylation sites is 1. The number of aryl methyl sites for hydroxylation is 1. The summed E-state index contributed by atoms with van der Waals surface area (Å²) in [4.78, 5) is 23.6. The van der Waals surface area contributed by atoms with E-state index in [0.717, 1.165) is 33.7 Å². The van der Waals surface area contributed by atoms with Gasteiger partial charge in [-0.25, -0.2) is 0 Å². The summed E-state index contributed by atoms with van der Waals surface area (Å²) in [6.45, 7) is 7.99. The van der Waals surface area contributed by atoms with Crippen molar-refractivity contribution in [3.63, 3.8) is 0 Å². The monoisotopic (exact) mass is 404 g/mol. The molecule has 0 spiro atoms. The molecule has 0 fully saturated rings. The van der Waals surface area contributed by atoms with Gasteiger partial charge in [-0.05, 0) is 32.9 Å². The van der Waals surface area contributed by atoms with Crippen LogP contribution in [0.3, 0.4) is 0 Å². The van der Waals surface area contributed by atoms with E-state index in [1.165, 1.54) is 0 Å². The first kappa shape index (κ1) is 20.1. The molecule has 30 heavy (non-hydrogen) atoms. The molecule has 0 saturated heterocycles. The molecule has 1 aromatic heterocycles. The summed E-state index contributed by atoms with van der Waals surface area (Å²) in [6, 6.07) is 7.94. The third kappa shape index (κ3) is 4.22. The zero-order valence-electron chi connectivity index (χ0n) is 18.0. The molecule has 1 atom stereocenters. The van der Waals surface area contributed by atoms with E-state index in [0.29, 0.717) is 19.6 Å². The van der Waals surface area contributed by atoms with Crippen LogP contribution >= 0.6 is 0 Å². The fourth-order valence-corrected chi connectivity index (χ4v) is 3.62. The zero-order chi connectivity index (χ0) is 21.3. The first-order valence-corrected chi connectivity index (χ1v) is 10.3. The van der Waals surface area contributed by atoms with Crippen LogP contribution in [-0.2, 0) is 11.3 Å². The predicted octanol–water partition coefficient (Wildman–Crippen LogP) is 3.66. The number of nitrogens with one attached hydrogen (secondary N) is 1. The molecule has 4 rings (SSSR count). The van der Waals surface area contributed by atoms with Crippen LogP contribution in [0.1, 0.15) is 25.2 Å². The summed E-state index contributed by atoms with van der Waals surface area (Å²) >= 11 is 0. The lowest BCUT2D eigenvalue weighted by Crippen LogP contribution is -2.35. The standard InChI is InChI=1S/C24H28N4O2/c1-16-19-7-5-6-8-20(19)30-21(16)14-28(4)22(29)10-9-17-11-18-13-27-24(2,3)15-26-23(18)25-12-17/h5-11,13,17H,12,14-15H2,1-4H3,(H,25,26)/b10-9+. The Kier molecular flexibility index (Phi) is 5.33. The third-order valence-corrected chi connectivity index (χ3v) is 5.53. The first-order valence-electron chi connectivity index (χ1n) is 10.3. The van der Waals surface area contributed by atoms with Crippen molar-refractivity contribution in [3.05, 3.63) is 59.4 Å². The average molecular weight is 405 g/mol. The van der Waals surface area contributed by atoms with Crippen molar-refractivity contribution in [2.24, 2.45) is 15.9 Å². The molecule has 1 aromatic carbocycles. The molecule has 156 valence electrons. The fourth-order valence-electron chi connectivity index (χ4n) is 3.62. The SMILES string of the molecule is Cc1c(CN(C)C(=O)/C=C/C2C=C3C=NC(C)(C)CN=C3NC2)oc2ccccc12. The van der Waals surface area contributed by atoms with Crippen LogP contribution in [0.4, 0.5) is 0 Å². The molecular formula is C24H28N4O2. The van der Waals surface area contributed by atoms with E-state index in [1.54, 1.807) is 18.0 Å². The van der Waals surface area contributed by atoms with Gasteiger partial charge in [0.2, 0.25) is 5.91 Å². The number of hydrogen-bond donors (Lipinski definition) is 1. The van der Waals surface area contributed by atoms with E-state index in [1.807, 2.05) is 43.5 Å². The van der Waals surface area contributed by atoms with Crippen LogP contribution < -0.4 is 5.32 Å². The Hall–Kier alpha value is -3.15. The molecular weight excluding hydrogens is 376 g/mol.